The molecule has 1 aliphatic carbocycles. The molecule has 0 saturated heterocycles. The number of rotatable bonds is 9. The summed E-state index contributed by atoms with van der Waals surface area (Å²) in [7, 11) is 1.77. The first-order chi connectivity index (χ1) is 18.2. The minimum Gasteiger partial charge on any atom is -0.481 e. The number of unbranched alkanes of at least 4 members (excludes halogenated alkanes) is 1. The first-order valence-corrected chi connectivity index (χ1v) is 12.9. The highest BCUT2D eigenvalue weighted by molar-refractivity contribution is 6.31. The van der Waals surface area contributed by atoms with Gasteiger partial charge < -0.3 is 10.0 Å². The number of nitrogens with zero attached hydrogens (tertiary/aromatic N) is 3. The van der Waals surface area contributed by atoms with Crippen molar-refractivity contribution in [2.45, 2.75) is 45.1 Å². The summed E-state index contributed by atoms with van der Waals surface area (Å²) in [5.74, 6) is -1.33. The number of carbonyl (C=O) groups excluding carboxylic acids is 1. The third-order valence-electron chi connectivity index (χ3n) is 6.68. The lowest BCUT2D eigenvalue weighted by Crippen LogP contribution is -2.36. The van der Waals surface area contributed by atoms with Gasteiger partial charge in [0.15, 0.2) is 0 Å². The number of carbonyl (C=O) groups is 2. The number of likely N-dealkylation sites (N-methyl/N-ethyl adjacent to an activating group) is 1. The van der Waals surface area contributed by atoms with E-state index >= 15 is 0 Å². The summed E-state index contributed by atoms with van der Waals surface area (Å²) < 4.78 is 13.5. The van der Waals surface area contributed by atoms with Crippen molar-refractivity contribution in [1.82, 2.24) is 14.9 Å². The van der Waals surface area contributed by atoms with Gasteiger partial charge in [0.1, 0.15) is 5.82 Å². The molecule has 0 fully saturated rings. The zero-order chi connectivity index (χ0) is 27.2. The van der Waals surface area contributed by atoms with E-state index < -0.39 is 5.97 Å². The van der Waals surface area contributed by atoms with Crippen LogP contribution in [0.2, 0.25) is 0 Å². The minimum atomic E-state index is -0.843. The number of aromatic nitrogens is 2. The van der Waals surface area contributed by atoms with Gasteiger partial charge in [0.25, 0.3) is 5.91 Å². The summed E-state index contributed by atoms with van der Waals surface area (Å²) >= 11 is 6.10. The Morgan fingerprint density at radius 2 is 1.84 bits per heavy atom. The first kappa shape index (κ1) is 27.2. The average Bonchev–Trinajstić information content (AvgIpc) is 3.13. The van der Waals surface area contributed by atoms with E-state index in [0.29, 0.717) is 58.7 Å². The van der Waals surface area contributed by atoms with Crippen molar-refractivity contribution in [1.29, 1.82) is 0 Å². The van der Waals surface area contributed by atoms with E-state index in [1.165, 1.54) is 12.1 Å². The number of hydrogen-bond donors (Lipinski definition) is 1. The monoisotopic (exact) mass is 533 g/mol. The van der Waals surface area contributed by atoms with Crippen LogP contribution in [0.1, 0.15) is 48.7 Å². The number of aliphatic carboxylic acids is 1. The number of carboxylic acid groups (broad SMARTS) is 1. The topological polar surface area (TPSA) is 83.4 Å². The highest BCUT2D eigenvalue weighted by Crippen LogP contribution is 2.27. The van der Waals surface area contributed by atoms with Gasteiger partial charge in [0.2, 0.25) is 0 Å². The lowest BCUT2D eigenvalue weighted by molar-refractivity contribution is -0.137. The van der Waals surface area contributed by atoms with Gasteiger partial charge in [-0.3, -0.25) is 9.59 Å². The van der Waals surface area contributed by atoms with E-state index in [2.05, 4.69) is 0 Å². The molecule has 1 aromatic heterocycles. The fourth-order valence-corrected chi connectivity index (χ4v) is 4.51. The third-order valence-corrected chi connectivity index (χ3v) is 6.93. The van der Waals surface area contributed by atoms with Crippen molar-refractivity contribution in [2.24, 2.45) is 0 Å². The predicted octanol–water partition coefficient (Wildman–Crippen LogP) is 6.70. The van der Waals surface area contributed by atoms with Gasteiger partial charge >= 0.3 is 5.97 Å². The number of fused-ring (bicyclic) bond motifs is 1. The van der Waals surface area contributed by atoms with Crippen LogP contribution in [0, 0.1) is 5.82 Å². The molecule has 0 bridgehead atoms. The van der Waals surface area contributed by atoms with E-state index in [1.54, 1.807) is 42.3 Å². The summed E-state index contributed by atoms with van der Waals surface area (Å²) in [5.41, 5.74) is 4.77. The summed E-state index contributed by atoms with van der Waals surface area (Å²) in [6, 6.07) is 11.2. The Labute approximate surface area is 226 Å². The smallest absolute Gasteiger partial charge is 0.303 e. The molecule has 1 amide bonds. The number of benzene rings is 2. The van der Waals surface area contributed by atoms with Crippen LogP contribution in [0.15, 0.2) is 77.4 Å². The Bertz CT molecular complexity index is 1450. The van der Waals surface area contributed by atoms with Crippen LogP contribution in [-0.4, -0.2) is 44.9 Å². The first-order valence-electron chi connectivity index (χ1n) is 12.5. The van der Waals surface area contributed by atoms with E-state index in [0.717, 1.165) is 11.1 Å². The quantitative estimate of drug-likeness (QED) is 0.309. The minimum absolute atomic E-state index is 0.0737. The molecule has 8 heteroatoms. The Kier molecular flexibility index (Phi) is 8.69. The van der Waals surface area contributed by atoms with Crippen molar-refractivity contribution >= 4 is 34.5 Å². The molecule has 4 rings (SSSR count). The number of halogens is 2. The van der Waals surface area contributed by atoms with E-state index in [4.69, 9.17) is 26.7 Å². The van der Waals surface area contributed by atoms with Crippen molar-refractivity contribution < 1.29 is 19.1 Å². The predicted molar refractivity (Wildman–Crippen MR) is 147 cm³/mol. The summed E-state index contributed by atoms with van der Waals surface area (Å²) in [5, 5.41) is 9.62. The zero-order valence-electron chi connectivity index (χ0n) is 21.3. The lowest BCUT2D eigenvalue weighted by Gasteiger charge is -2.27. The number of carboxylic acids is 1. The second-order valence-corrected chi connectivity index (χ2v) is 9.76. The molecule has 1 aliphatic rings. The molecule has 6 nitrogen and oxygen atoms in total. The molecular formula is C30H29ClFN3O3. The highest BCUT2D eigenvalue weighted by atomic mass is 35.5. The molecule has 2 aromatic carbocycles. The Hall–Kier alpha value is -3.84. The van der Waals surface area contributed by atoms with Crippen LogP contribution in [0.25, 0.3) is 22.3 Å². The second kappa shape index (κ2) is 12.1. The molecular weight excluding hydrogens is 505 g/mol. The summed E-state index contributed by atoms with van der Waals surface area (Å²) in [6.45, 7) is 1.98. The summed E-state index contributed by atoms with van der Waals surface area (Å²) in [6.07, 6.45) is 10.0. The van der Waals surface area contributed by atoms with Crippen molar-refractivity contribution in [3.63, 3.8) is 0 Å². The maximum Gasteiger partial charge on any atom is 0.303 e. The fourth-order valence-electron chi connectivity index (χ4n) is 4.36. The molecule has 196 valence electrons. The van der Waals surface area contributed by atoms with Crippen LogP contribution in [0.3, 0.4) is 0 Å². The van der Waals surface area contributed by atoms with Crippen LogP contribution < -0.4 is 0 Å². The zero-order valence-corrected chi connectivity index (χ0v) is 22.1. The fraction of sp³-hybridized carbons (Fsp3) is 0.267. The molecule has 38 heavy (non-hydrogen) atoms. The molecule has 0 radical (unpaired) electrons. The van der Waals surface area contributed by atoms with Crippen LogP contribution in [0.4, 0.5) is 4.39 Å². The largest absolute Gasteiger partial charge is 0.481 e. The van der Waals surface area contributed by atoms with Crippen LogP contribution in [0.5, 0.6) is 0 Å². The molecule has 1 heterocycles. The van der Waals surface area contributed by atoms with Gasteiger partial charge in [0, 0.05) is 29.6 Å². The highest BCUT2D eigenvalue weighted by Gasteiger charge is 2.21. The third kappa shape index (κ3) is 6.53. The van der Waals surface area contributed by atoms with Crippen molar-refractivity contribution in [3.8, 4) is 11.3 Å². The Morgan fingerprint density at radius 1 is 1.08 bits per heavy atom. The van der Waals surface area contributed by atoms with E-state index in [9.17, 15) is 14.0 Å². The van der Waals surface area contributed by atoms with Gasteiger partial charge in [-0.05, 0) is 92.8 Å². The van der Waals surface area contributed by atoms with Gasteiger partial charge in [-0.25, -0.2) is 14.4 Å². The van der Waals surface area contributed by atoms with Crippen molar-refractivity contribution in [2.75, 3.05) is 7.05 Å². The van der Waals surface area contributed by atoms with Crippen LogP contribution >= 0.6 is 11.6 Å². The maximum absolute atomic E-state index is 13.5. The maximum atomic E-state index is 13.5. The molecule has 0 spiro atoms. The number of aryl methyl sites for hydroxylation is 1. The second-order valence-electron chi connectivity index (χ2n) is 9.32. The molecule has 0 saturated carbocycles. The number of hydrogen-bond acceptors (Lipinski definition) is 4. The molecule has 1 unspecified atom stereocenters. The lowest BCUT2D eigenvalue weighted by atomic mass is 10.0. The standard InChI is InChI=1S/C30H29ClFN3O3/c1-19(20-6-5-7-23(31)14-10-20)35(2)30(38)22-13-17-25-27(18-22)33-26(8-3-4-9-28(36)37)29(34-25)21-11-15-24(32)16-12-21/h5,7,10-19H,3-4,6,8-9H2,1-2H3,(H,36,37). The molecule has 1 atom stereocenters. The molecule has 1 N–H and O–H groups in total. The Morgan fingerprint density at radius 3 is 2.58 bits per heavy atom. The van der Waals surface area contributed by atoms with Gasteiger partial charge in [-0.15, -0.1) is 0 Å². The molecule has 3 aromatic rings. The van der Waals surface area contributed by atoms with Gasteiger partial charge in [-0.2, -0.15) is 0 Å². The normalized spacial score (nSPS) is 14.0. The SMILES string of the molecule is CC(C1=CC=C(Cl)C=CC1)N(C)C(=O)c1ccc2nc(-c3ccc(F)cc3)c(CCCCC(=O)O)nc2c1. The van der Waals surface area contributed by atoms with Crippen molar-refractivity contribution in [3.05, 3.63) is 94.4 Å². The number of allylic oxidation sites excluding steroid dienone is 5. The summed E-state index contributed by atoms with van der Waals surface area (Å²) in [4.78, 5) is 35.7. The van der Waals surface area contributed by atoms with Crippen LogP contribution in [-0.2, 0) is 11.2 Å². The number of amides is 1. The Balaban J connectivity index is 1.64. The molecule has 0 aliphatic heterocycles. The van der Waals surface area contributed by atoms with E-state index in [-0.39, 0.29) is 24.2 Å². The average molecular weight is 534 g/mol. The van der Waals surface area contributed by atoms with E-state index in [1.807, 2.05) is 31.2 Å². The van der Waals surface area contributed by atoms with Gasteiger partial charge in [-0.1, -0.05) is 23.8 Å². The van der Waals surface area contributed by atoms with Gasteiger partial charge in [0.05, 0.1) is 28.5 Å².